The van der Waals surface area contributed by atoms with Crippen molar-refractivity contribution in [1.29, 1.82) is 0 Å². The van der Waals surface area contributed by atoms with Gasteiger partial charge in [0.1, 0.15) is 0 Å². The third kappa shape index (κ3) is 3.29. The molecule has 0 aromatic rings. The SMILES string of the molecule is C=C/C=C(C)\C(C)=C/CC. The van der Waals surface area contributed by atoms with Crippen LogP contribution in [0.25, 0.3) is 0 Å². The summed E-state index contributed by atoms with van der Waals surface area (Å²) < 4.78 is 0. The van der Waals surface area contributed by atoms with Crippen LogP contribution in [-0.2, 0) is 0 Å². The van der Waals surface area contributed by atoms with Crippen LogP contribution in [0.3, 0.4) is 0 Å². The molecule has 0 radical (unpaired) electrons. The van der Waals surface area contributed by atoms with Gasteiger partial charge in [0.2, 0.25) is 0 Å². The summed E-state index contributed by atoms with van der Waals surface area (Å²) in [5.41, 5.74) is 2.65. The molecular formula is C10H16. The average molecular weight is 136 g/mol. The molecule has 0 saturated heterocycles. The van der Waals surface area contributed by atoms with E-state index in [0.29, 0.717) is 0 Å². The highest BCUT2D eigenvalue weighted by Gasteiger charge is 1.87. The fourth-order valence-electron chi connectivity index (χ4n) is 0.775. The Bertz CT molecular complexity index is 159. The van der Waals surface area contributed by atoms with Crippen LogP contribution in [0.5, 0.6) is 0 Å². The minimum Gasteiger partial charge on any atom is -0.0991 e. The van der Waals surface area contributed by atoms with Crippen molar-refractivity contribution in [3.8, 4) is 0 Å². The smallest absolute Gasteiger partial charge is 0.0373 e. The van der Waals surface area contributed by atoms with Gasteiger partial charge in [-0.05, 0) is 25.8 Å². The van der Waals surface area contributed by atoms with E-state index in [1.54, 1.807) is 0 Å². The van der Waals surface area contributed by atoms with E-state index in [9.17, 15) is 0 Å². The first-order chi connectivity index (χ1) is 4.72. The molecule has 0 heterocycles. The summed E-state index contributed by atoms with van der Waals surface area (Å²) in [5.74, 6) is 0. The first kappa shape index (κ1) is 9.22. The lowest BCUT2D eigenvalue weighted by atomic mass is 10.1. The van der Waals surface area contributed by atoms with Crippen LogP contribution < -0.4 is 0 Å². The van der Waals surface area contributed by atoms with Crippen LogP contribution in [0.2, 0.25) is 0 Å². The van der Waals surface area contributed by atoms with Gasteiger partial charge in [0.25, 0.3) is 0 Å². The summed E-state index contributed by atoms with van der Waals surface area (Å²) in [6, 6.07) is 0. The predicted octanol–water partition coefficient (Wildman–Crippen LogP) is 3.48. The van der Waals surface area contributed by atoms with Crippen molar-refractivity contribution < 1.29 is 0 Å². The Morgan fingerprint density at radius 1 is 1.30 bits per heavy atom. The maximum atomic E-state index is 3.64. The standard InChI is InChI=1S/C10H16/c1-5-7-9(3)10(4)8-6-2/h5,7-8H,1,6H2,2-4H3/b9-7-,10-8-. The van der Waals surface area contributed by atoms with Crippen LogP contribution >= 0.6 is 0 Å². The van der Waals surface area contributed by atoms with E-state index in [0.717, 1.165) is 6.42 Å². The summed E-state index contributed by atoms with van der Waals surface area (Å²) in [6.45, 7) is 10.0. The topological polar surface area (TPSA) is 0 Å². The Balaban J connectivity index is 4.19. The van der Waals surface area contributed by atoms with Gasteiger partial charge < -0.3 is 0 Å². The largest absolute Gasteiger partial charge is 0.0991 e. The maximum absolute atomic E-state index is 3.64. The Labute approximate surface area is 64.0 Å². The van der Waals surface area contributed by atoms with Crippen LogP contribution in [0.1, 0.15) is 27.2 Å². The Kier molecular flexibility index (Phi) is 4.65. The van der Waals surface area contributed by atoms with Crippen molar-refractivity contribution in [2.24, 2.45) is 0 Å². The van der Waals surface area contributed by atoms with E-state index in [2.05, 4.69) is 33.4 Å². The van der Waals surface area contributed by atoms with E-state index in [1.807, 2.05) is 12.2 Å². The van der Waals surface area contributed by atoms with Gasteiger partial charge in [0.05, 0.1) is 0 Å². The highest BCUT2D eigenvalue weighted by atomic mass is 13.9. The monoisotopic (exact) mass is 136 g/mol. The molecule has 0 spiro atoms. The Morgan fingerprint density at radius 3 is 2.30 bits per heavy atom. The molecule has 0 heteroatoms. The molecule has 0 aromatic carbocycles. The van der Waals surface area contributed by atoms with Gasteiger partial charge in [-0.3, -0.25) is 0 Å². The molecule has 0 nitrogen and oxygen atoms in total. The van der Waals surface area contributed by atoms with Gasteiger partial charge in [0.15, 0.2) is 0 Å². The van der Waals surface area contributed by atoms with Gasteiger partial charge in [-0.25, -0.2) is 0 Å². The van der Waals surface area contributed by atoms with Gasteiger partial charge in [-0.1, -0.05) is 37.3 Å². The van der Waals surface area contributed by atoms with Gasteiger partial charge >= 0.3 is 0 Å². The summed E-state index contributed by atoms with van der Waals surface area (Å²) in [6.07, 6.45) is 7.17. The van der Waals surface area contributed by atoms with Crippen LogP contribution in [0, 0.1) is 0 Å². The van der Waals surface area contributed by atoms with Crippen molar-refractivity contribution >= 4 is 0 Å². The average Bonchev–Trinajstić information content (AvgIpc) is 1.89. The second-order valence-corrected chi connectivity index (χ2v) is 2.38. The molecule has 0 bridgehead atoms. The van der Waals surface area contributed by atoms with Crippen molar-refractivity contribution in [3.63, 3.8) is 0 Å². The molecule has 0 atom stereocenters. The predicted molar refractivity (Wildman–Crippen MR) is 48.0 cm³/mol. The van der Waals surface area contributed by atoms with E-state index in [1.165, 1.54) is 11.1 Å². The van der Waals surface area contributed by atoms with Gasteiger partial charge in [-0.15, -0.1) is 0 Å². The molecule has 0 unspecified atom stereocenters. The summed E-state index contributed by atoms with van der Waals surface area (Å²) in [4.78, 5) is 0. The molecule has 0 aliphatic heterocycles. The lowest BCUT2D eigenvalue weighted by Crippen LogP contribution is -1.77. The summed E-state index contributed by atoms with van der Waals surface area (Å²) in [7, 11) is 0. The minimum absolute atomic E-state index is 1.11. The van der Waals surface area contributed by atoms with Gasteiger partial charge in [-0.2, -0.15) is 0 Å². The molecule has 0 amide bonds. The van der Waals surface area contributed by atoms with E-state index < -0.39 is 0 Å². The quantitative estimate of drug-likeness (QED) is 0.521. The van der Waals surface area contributed by atoms with E-state index in [-0.39, 0.29) is 0 Å². The zero-order chi connectivity index (χ0) is 7.98. The van der Waals surface area contributed by atoms with Crippen LogP contribution in [0.15, 0.2) is 36.0 Å². The normalized spacial score (nSPS) is 13.5. The van der Waals surface area contributed by atoms with E-state index >= 15 is 0 Å². The number of hydrogen-bond acceptors (Lipinski definition) is 0. The van der Waals surface area contributed by atoms with Gasteiger partial charge in [0, 0.05) is 0 Å². The number of rotatable bonds is 3. The van der Waals surface area contributed by atoms with E-state index in [4.69, 9.17) is 0 Å². The molecule has 56 valence electrons. The second-order valence-electron chi connectivity index (χ2n) is 2.38. The van der Waals surface area contributed by atoms with Crippen molar-refractivity contribution in [2.75, 3.05) is 0 Å². The Morgan fingerprint density at radius 2 is 1.90 bits per heavy atom. The zero-order valence-corrected chi connectivity index (χ0v) is 7.15. The lowest BCUT2D eigenvalue weighted by Gasteiger charge is -1.97. The molecule has 10 heavy (non-hydrogen) atoms. The molecule has 0 aromatic heterocycles. The number of allylic oxidation sites excluding steroid dienone is 5. The molecule has 0 aliphatic carbocycles. The fourth-order valence-corrected chi connectivity index (χ4v) is 0.775. The maximum Gasteiger partial charge on any atom is -0.0373 e. The molecule has 0 fully saturated rings. The third-order valence-electron chi connectivity index (χ3n) is 1.50. The molecule has 0 aliphatic rings. The number of hydrogen-bond donors (Lipinski definition) is 0. The molecule has 0 rings (SSSR count). The van der Waals surface area contributed by atoms with Crippen LogP contribution in [0.4, 0.5) is 0 Å². The highest BCUT2D eigenvalue weighted by molar-refractivity contribution is 5.29. The zero-order valence-electron chi connectivity index (χ0n) is 7.15. The first-order valence-corrected chi connectivity index (χ1v) is 3.68. The summed E-state index contributed by atoms with van der Waals surface area (Å²) >= 11 is 0. The minimum atomic E-state index is 1.11. The Hall–Kier alpha value is -0.780. The second kappa shape index (κ2) is 5.04. The first-order valence-electron chi connectivity index (χ1n) is 3.68. The van der Waals surface area contributed by atoms with Crippen molar-refractivity contribution in [3.05, 3.63) is 36.0 Å². The fraction of sp³-hybridized carbons (Fsp3) is 0.400. The van der Waals surface area contributed by atoms with Crippen molar-refractivity contribution in [1.82, 2.24) is 0 Å². The summed E-state index contributed by atoms with van der Waals surface area (Å²) in [5, 5.41) is 0. The molecule has 0 saturated carbocycles. The van der Waals surface area contributed by atoms with Crippen LogP contribution in [-0.4, -0.2) is 0 Å². The molecular weight excluding hydrogens is 120 g/mol. The van der Waals surface area contributed by atoms with Crippen molar-refractivity contribution in [2.45, 2.75) is 27.2 Å². The molecule has 0 N–H and O–H groups in total. The highest BCUT2D eigenvalue weighted by Crippen LogP contribution is 2.08. The third-order valence-corrected chi connectivity index (χ3v) is 1.50. The lowest BCUT2D eigenvalue weighted by molar-refractivity contribution is 1.17.